The van der Waals surface area contributed by atoms with Gasteiger partial charge in [0.15, 0.2) is 0 Å². The second-order valence-corrected chi connectivity index (χ2v) is 6.20. The number of benzene rings is 1. The maximum atomic E-state index is 12.5. The van der Waals surface area contributed by atoms with Gasteiger partial charge in [-0.1, -0.05) is 18.2 Å². The zero-order chi connectivity index (χ0) is 20.1. The molecule has 1 aromatic carbocycles. The summed E-state index contributed by atoms with van der Waals surface area (Å²) in [6.07, 6.45) is 1.84. The van der Waals surface area contributed by atoms with Gasteiger partial charge in [0.25, 0.3) is 11.5 Å². The van der Waals surface area contributed by atoms with Gasteiger partial charge in [-0.3, -0.25) is 9.59 Å². The van der Waals surface area contributed by atoms with Crippen LogP contribution in [-0.4, -0.2) is 51.5 Å². The monoisotopic (exact) mass is 384 g/mol. The van der Waals surface area contributed by atoms with Gasteiger partial charge < -0.3 is 20.1 Å². The number of hydrogen-bond acceptors (Lipinski definition) is 5. The van der Waals surface area contributed by atoms with E-state index in [9.17, 15) is 19.5 Å². The van der Waals surface area contributed by atoms with Crippen molar-refractivity contribution in [3.8, 4) is 0 Å². The number of carbonyl (C=O) groups is 2. The highest BCUT2D eigenvalue weighted by molar-refractivity contribution is 5.95. The van der Waals surface area contributed by atoms with Crippen LogP contribution in [-0.2, 0) is 22.5 Å². The van der Waals surface area contributed by atoms with Crippen LogP contribution in [0, 0.1) is 0 Å². The highest BCUT2D eigenvalue weighted by atomic mass is 16.5. The standard InChI is InChI=1S/C19H20N4O5/c1-28-9-8-23-17(24)7-6-15(22-23)18(25)21-16(19(26)27)10-12-11-20-14-5-3-2-4-13(12)14/h2-7,11,16,20H,8-10H2,1H3,(H,21,25)(H,26,27). The third-order valence-corrected chi connectivity index (χ3v) is 4.31. The summed E-state index contributed by atoms with van der Waals surface area (Å²) in [7, 11) is 1.49. The molecular weight excluding hydrogens is 364 g/mol. The van der Waals surface area contributed by atoms with Crippen LogP contribution in [0.5, 0.6) is 0 Å². The molecule has 9 nitrogen and oxygen atoms in total. The number of ether oxygens (including phenoxy) is 1. The minimum Gasteiger partial charge on any atom is -0.480 e. The number of fused-ring (bicyclic) bond motifs is 1. The summed E-state index contributed by atoms with van der Waals surface area (Å²) in [5.74, 6) is -1.83. The number of H-pyrrole nitrogens is 1. The molecule has 0 saturated carbocycles. The second kappa shape index (κ2) is 8.49. The Kier molecular flexibility index (Phi) is 5.85. The molecule has 3 aromatic rings. The molecule has 0 fully saturated rings. The van der Waals surface area contributed by atoms with Crippen molar-refractivity contribution in [3.63, 3.8) is 0 Å². The smallest absolute Gasteiger partial charge is 0.326 e. The fraction of sp³-hybridized carbons (Fsp3) is 0.263. The predicted octanol–water partition coefficient (Wildman–Crippen LogP) is 0.797. The van der Waals surface area contributed by atoms with E-state index in [0.717, 1.165) is 21.1 Å². The number of methoxy groups -OCH3 is 1. The summed E-state index contributed by atoms with van der Waals surface area (Å²) in [4.78, 5) is 39.0. The fourth-order valence-corrected chi connectivity index (χ4v) is 2.86. The summed E-state index contributed by atoms with van der Waals surface area (Å²) < 4.78 is 6.02. The van der Waals surface area contributed by atoms with Crippen molar-refractivity contribution in [2.75, 3.05) is 13.7 Å². The lowest BCUT2D eigenvalue weighted by Gasteiger charge is -2.14. The van der Waals surface area contributed by atoms with E-state index in [1.165, 1.54) is 19.2 Å². The number of para-hydroxylation sites is 1. The maximum Gasteiger partial charge on any atom is 0.326 e. The molecule has 3 rings (SSSR count). The minimum absolute atomic E-state index is 0.0409. The Balaban J connectivity index is 1.78. The molecule has 0 radical (unpaired) electrons. The van der Waals surface area contributed by atoms with Crippen molar-refractivity contribution >= 4 is 22.8 Å². The van der Waals surface area contributed by atoms with Crippen molar-refractivity contribution < 1.29 is 19.4 Å². The maximum absolute atomic E-state index is 12.5. The van der Waals surface area contributed by atoms with E-state index in [-0.39, 0.29) is 30.8 Å². The van der Waals surface area contributed by atoms with Gasteiger partial charge >= 0.3 is 5.97 Å². The van der Waals surface area contributed by atoms with Crippen molar-refractivity contribution in [2.45, 2.75) is 19.0 Å². The number of rotatable bonds is 8. The summed E-state index contributed by atoms with van der Waals surface area (Å²) in [6, 6.07) is 8.85. The van der Waals surface area contributed by atoms with Gasteiger partial charge in [0.05, 0.1) is 13.2 Å². The van der Waals surface area contributed by atoms with Crippen LogP contribution in [0.4, 0.5) is 0 Å². The molecule has 2 aromatic heterocycles. The van der Waals surface area contributed by atoms with Crippen molar-refractivity contribution in [3.05, 3.63) is 64.2 Å². The third kappa shape index (κ3) is 4.26. The van der Waals surface area contributed by atoms with Crippen LogP contribution >= 0.6 is 0 Å². The molecular formula is C19H20N4O5. The molecule has 0 aliphatic rings. The number of aromatic nitrogens is 3. The number of carboxylic acid groups (broad SMARTS) is 1. The van der Waals surface area contributed by atoms with Gasteiger partial charge in [0.1, 0.15) is 11.7 Å². The molecule has 0 aliphatic heterocycles. The lowest BCUT2D eigenvalue weighted by atomic mass is 10.0. The summed E-state index contributed by atoms with van der Waals surface area (Å²) in [5.41, 5.74) is 1.25. The molecule has 0 aliphatic carbocycles. The molecule has 146 valence electrons. The molecule has 1 atom stereocenters. The molecule has 2 heterocycles. The zero-order valence-corrected chi connectivity index (χ0v) is 15.2. The molecule has 0 bridgehead atoms. The van der Waals surface area contributed by atoms with Crippen LogP contribution in [0.2, 0.25) is 0 Å². The quantitative estimate of drug-likeness (QED) is 0.527. The molecule has 1 unspecified atom stereocenters. The number of hydrogen-bond donors (Lipinski definition) is 3. The Morgan fingerprint density at radius 1 is 1.29 bits per heavy atom. The highest BCUT2D eigenvalue weighted by Gasteiger charge is 2.23. The summed E-state index contributed by atoms with van der Waals surface area (Å²) in [6.45, 7) is 0.449. The molecule has 9 heteroatoms. The van der Waals surface area contributed by atoms with E-state index in [1.807, 2.05) is 24.3 Å². The minimum atomic E-state index is -1.16. The van der Waals surface area contributed by atoms with E-state index in [1.54, 1.807) is 6.20 Å². The normalized spacial score (nSPS) is 12.0. The highest BCUT2D eigenvalue weighted by Crippen LogP contribution is 2.19. The van der Waals surface area contributed by atoms with Gasteiger partial charge in [-0.15, -0.1) is 0 Å². The average molecular weight is 384 g/mol. The first-order valence-electron chi connectivity index (χ1n) is 8.65. The van der Waals surface area contributed by atoms with E-state index < -0.39 is 17.9 Å². The topological polar surface area (TPSA) is 126 Å². The molecule has 3 N–H and O–H groups in total. The number of amides is 1. The number of nitrogens with zero attached hydrogens (tertiary/aromatic N) is 2. The number of nitrogens with one attached hydrogen (secondary N) is 2. The molecule has 0 saturated heterocycles. The predicted molar refractivity (Wildman–Crippen MR) is 101 cm³/mol. The first-order chi connectivity index (χ1) is 13.5. The van der Waals surface area contributed by atoms with Crippen molar-refractivity contribution in [1.29, 1.82) is 0 Å². The van der Waals surface area contributed by atoms with Gasteiger partial charge in [-0.25, -0.2) is 9.48 Å². The number of aromatic amines is 1. The fourth-order valence-electron chi connectivity index (χ4n) is 2.86. The Labute approximate surface area is 159 Å². The van der Waals surface area contributed by atoms with Crippen LogP contribution in [0.15, 0.2) is 47.4 Å². The average Bonchev–Trinajstić information content (AvgIpc) is 3.09. The summed E-state index contributed by atoms with van der Waals surface area (Å²) in [5, 5.41) is 16.9. The Bertz CT molecular complexity index is 1060. The van der Waals surface area contributed by atoms with Gasteiger partial charge in [-0.2, -0.15) is 5.10 Å². The first-order valence-corrected chi connectivity index (χ1v) is 8.65. The van der Waals surface area contributed by atoms with Crippen LogP contribution in [0.1, 0.15) is 16.1 Å². The van der Waals surface area contributed by atoms with Gasteiger partial charge in [0, 0.05) is 36.7 Å². The number of aliphatic carboxylic acids is 1. The first kappa shape index (κ1) is 19.3. The molecule has 28 heavy (non-hydrogen) atoms. The van der Waals surface area contributed by atoms with Crippen LogP contribution in [0.3, 0.4) is 0 Å². The van der Waals surface area contributed by atoms with Crippen molar-refractivity contribution in [1.82, 2.24) is 20.1 Å². The van der Waals surface area contributed by atoms with Crippen molar-refractivity contribution in [2.24, 2.45) is 0 Å². The van der Waals surface area contributed by atoms with E-state index >= 15 is 0 Å². The van der Waals surface area contributed by atoms with E-state index in [0.29, 0.717) is 0 Å². The van der Waals surface area contributed by atoms with Crippen LogP contribution < -0.4 is 10.9 Å². The Morgan fingerprint density at radius 2 is 2.07 bits per heavy atom. The summed E-state index contributed by atoms with van der Waals surface area (Å²) >= 11 is 0. The number of carboxylic acids is 1. The molecule has 1 amide bonds. The zero-order valence-electron chi connectivity index (χ0n) is 15.2. The van der Waals surface area contributed by atoms with Crippen LogP contribution in [0.25, 0.3) is 10.9 Å². The lowest BCUT2D eigenvalue weighted by molar-refractivity contribution is -0.139. The largest absolute Gasteiger partial charge is 0.480 e. The van der Waals surface area contributed by atoms with Gasteiger partial charge in [0.2, 0.25) is 0 Å². The number of carbonyl (C=O) groups excluding carboxylic acids is 1. The van der Waals surface area contributed by atoms with E-state index in [2.05, 4.69) is 15.4 Å². The third-order valence-electron chi connectivity index (χ3n) is 4.31. The Morgan fingerprint density at radius 3 is 2.82 bits per heavy atom. The Hall–Kier alpha value is -3.46. The second-order valence-electron chi connectivity index (χ2n) is 6.20. The molecule has 0 spiro atoms. The SMILES string of the molecule is COCCn1nc(C(=O)NC(Cc2c[nH]c3ccccc23)C(=O)O)ccc1=O. The van der Waals surface area contributed by atoms with E-state index in [4.69, 9.17) is 4.74 Å². The van der Waals surface area contributed by atoms with Gasteiger partial charge in [-0.05, 0) is 17.7 Å². The lowest BCUT2D eigenvalue weighted by Crippen LogP contribution is -2.43.